The molecular formula is C24H29NO4. The predicted octanol–water partition coefficient (Wildman–Crippen LogP) is 5.12. The molecule has 3 aromatic rings. The maximum atomic E-state index is 9.06. The van der Waals surface area contributed by atoms with E-state index in [1.54, 1.807) is 0 Å². The lowest BCUT2D eigenvalue weighted by Crippen LogP contribution is -2.06. The van der Waals surface area contributed by atoms with Gasteiger partial charge in [0.2, 0.25) is 5.89 Å². The summed E-state index contributed by atoms with van der Waals surface area (Å²) in [4.78, 5) is 4.61. The molecule has 5 heteroatoms. The van der Waals surface area contributed by atoms with Gasteiger partial charge < -0.3 is 19.0 Å². The van der Waals surface area contributed by atoms with Crippen LogP contribution < -0.4 is 4.74 Å². The number of hydrogen-bond donors (Lipinski definition) is 1. The Balaban J connectivity index is 1.55. The molecule has 0 saturated heterocycles. The monoisotopic (exact) mass is 395 g/mol. The molecule has 1 aromatic heterocycles. The highest BCUT2D eigenvalue weighted by Crippen LogP contribution is 2.25. The number of nitrogens with zero attached hydrogens (tertiary/aromatic N) is 1. The maximum absolute atomic E-state index is 9.06. The van der Waals surface area contributed by atoms with Crippen LogP contribution in [0.2, 0.25) is 0 Å². The summed E-state index contributed by atoms with van der Waals surface area (Å²) in [5.41, 5.74) is 3.00. The first-order valence-electron chi connectivity index (χ1n) is 10.2. The molecule has 29 heavy (non-hydrogen) atoms. The fraction of sp³-hybridized carbons (Fsp3) is 0.375. The molecule has 3 rings (SSSR count). The van der Waals surface area contributed by atoms with Crippen LogP contribution in [0.1, 0.15) is 42.9 Å². The van der Waals surface area contributed by atoms with Crippen LogP contribution in [-0.2, 0) is 11.2 Å². The fourth-order valence-electron chi connectivity index (χ4n) is 3.23. The summed E-state index contributed by atoms with van der Waals surface area (Å²) >= 11 is 0. The second-order valence-corrected chi connectivity index (χ2v) is 6.87. The van der Waals surface area contributed by atoms with Crippen molar-refractivity contribution in [2.24, 2.45) is 0 Å². The topological polar surface area (TPSA) is 64.7 Å². The molecule has 0 bridgehead atoms. The van der Waals surface area contributed by atoms with Gasteiger partial charge in [-0.1, -0.05) is 30.3 Å². The van der Waals surface area contributed by atoms with Crippen molar-refractivity contribution in [3.05, 3.63) is 71.6 Å². The highest BCUT2D eigenvalue weighted by molar-refractivity contribution is 5.53. The second-order valence-electron chi connectivity index (χ2n) is 6.87. The molecule has 2 aromatic carbocycles. The van der Waals surface area contributed by atoms with Crippen LogP contribution in [0, 0.1) is 6.92 Å². The zero-order valence-corrected chi connectivity index (χ0v) is 17.1. The van der Waals surface area contributed by atoms with Crippen LogP contribution in [0.3, 0.4) is 0 Å². The van der Waals surface area contributed by atoms with Crippen LogP contribution in [0.4, 0.5) is 0 Å². The van der Waals surface area contributed by atoms with Crippen LogP contribution >= 0.6 is 0 Å². The van der Waals surface area contributed by atoms with E-state index in [2.05, 4.69) is 4.98 Å². The minimum absolute atomic E-state index is 0.00962. The van der Waals surface area contributed by atoms with Crippen LogP contribution in [-0.4, -0.2) is 29.9 Å². The molecule has 1 unspecified atom stereocenters. The van der Waals surface area contributed by atoms with Crippen molar-refractivity contribution in [3.63, 3.8) is 0 Å². The van der Waals surface area contributed by atoms with Gasteiger partial charge in [0.05, 0.1) is 18.4 Å². The summed E-state index contributed by atoms with van der Waals surface area (Å²) in [5, 5.41) is 9.06. The molecule has 5 nitrogen and oxygen atoms in total. The number of oxazole rings is 1. The SMILES string of the molecule is CCOC(CCCO)c1ccc(OCCc2nc(-c3ccccc3)oc2C)cc1. The lowest BCUT2D eigenvalue weighted by atomic mass is 10.0. The van der Waals surface area contributed by atoms with Crippen molar-refractivity contribution >= 4 is 0 Å². The second kappa shape index (κ2) is 10.8. The molecule has 0 saturated carbocycles. The van der Waals surface area contributed by atoms with E-state index in [0.29, 0.717) is 25.5 Å². The molecule has 1 N–H and O–H groups in total. The third-order valence-electron chi connectivity index (χ3n) is 4.77. The van der Waals surface area contributed by atoms with Crippen molar-refractivity contribution in [1.82, 2.24) is 4.98 Å². The fourth-order valence-corrected chi connectivity index (χ4v) is 3.23. The highest BCUT2D eigenvalue weighted by atomic mass is 16.5. The van der Waals surface area contributed by atoms with Gasteiger partial charge in [0.15, 0.2) is 0 Å². The summed E-state index contributed by atoms with van der Waals surface area (Å²) in [6, 6.07) is 17.9. The third-order valence-corrected chi connectivity index (χ3v) is 4.77. The van der Waals surface area contributed by atoms with E-state index in [1.165, 1.54) is 0 Å². The molecule has 0 aliphatic carbocycles. The van der Waals surface area contributed by atoms with Gasteiger partial charge in [-0.3, -0.25) is 0 Å². The number of aliphatic hydroxyl groups is 1. The molecule has 0 fully saturated rings. The van der Waals surface area contributed by atoms with Gasteiger partial charge in [0.1, 0.15) is 11.5 Å². The lowest BCUT2D eigenvalue weighted by molar-refractivity contribution is 0.0509. The normalized spacial score (nSPS) is 12.1. The summed E-state index contributed by atoms with van der Waals surface area (Å²) in [7, 11) is 0. The largest absolute Gasteiger partial charge is 0.493 e. The van der Waals surface area contributed by atoms with Crippen molar-refractivity contribution in [2.75, 3.05) is 19.8 Å². The molecule has 0 radical (unpaired) electrons. The molecule has 0 aliphatic rings. The van der Waals surface area contributed by atoms with E-state index in [0.717, 1.165) is 41.2 Å². The molecular weight excluding hydrogens is 366 g/mol. The molecule has 1 heterocycles. The van der Waals surface area contributed by atoms with E-state index < -0.39 is 0 Å². The quantitative estimate of drug-likeness (QED) is 0.488. The molecule has 1 atom stereocenters. The van der Waals surface area contributed by atoms with Crippen LogP contribution in [0.25, 0.3) is 11.5 Å². The number of ether oxygens (including phenoxy) is 2. The number of aromatic nitrogens is 1. The zero-order chi connectivity index (χ0) is 20.5. The Morgan fingerprint density at radius 1 is 1.07 bits per heavy atom. The predicted molar refractivity (Wildman–Crippen MR) is 113 cm³/mol. The molecule has 0 aliphatic heterocycles. The number of hydrogen-bond acceptors (Lipinski definition) is 5. The Bertz CT molecular complexity index is 858. The summed E-state index contributed by atoms with van der Waals surface area (Å²) in [6.07, 6.45) is 2.22. The van der Waals surface area contributed by atoms with Gasteiger partial charge in [-0.05, 0) is 56.5 Å². The lowest BCUT2D eigenvalue weighted by Gasteiger charge is -2.17. The van der Waals surface area contributed by atoms with Crippen molar-refractivity contribution in [2.45, 2.75) is 39.2 Å². The number of aliphatic hydroxyl groups excluding tert-OH is 1. The summed E-state index contributed by atoms with van der Waals surface area (Å²) in [6.45, 7) is 5.28. The van der Waals surface area contributed by atoms with Crippen molar-refractivity contribution in [3.8, 4) is 17.2 Å². The van der Waals surface area contributed by atoms with E-state index in [9.17, 15) is 0 Å². The first-order valence-corrected chi connectivity index (χ1v) is 10.2. The average molecular weight is 395 g/mol. The Kier molecular flexibility index (Phi) is 7.85. The summed E-state index contributed by atoms with van der Waals surface area (Å²) in [5.74, 6) is 2.29. The minimum atomic E-state index is 0.00962. The highest BCUT2D eigenvalue weighted by Gasteiger charge is 2.13. The van der Waals surface area contributed by atoms with E-state index in [4.69, 9.17) is 19.0 Å². The minimum Gasteiger partial charge on any atom is -0.493 e. The standard InChI is InChI=1S/C24H29NO4/c1-3-27-23(10-7-16-26)19-11-13-21(14-12-19)28-17-15-22-18(2)29-24(25-22)20-8-5-4-6-9-20/h4-6,8-9,11-14,23,26H,3,7,10,15-17H2,1-2H3. The Morgan fingerprint density at radius 3 is 2.52 bits per heavy atom. The smallest absolute Gasteiger partial charge is 0.226 e. The van der Waals surface area contributed by atoms with Gasteiger partial charge in [0.25, 0.3) is 0 Å². The summed E-state index contributed by atoms with van der Waals surface area (Å²) < 4.78 is 17.5. The first kappa shape index (κ1) is 21.1. The van der Waals surface area contributed by atoms with Gasteiger partial charge in [-0.2, -0.15) is 0 Å². The molecule has 0 amide bonds. The maximum Gasteiger partial charge on any atom is 0.226 e. The van der Waals surface area contributed by atoms with Crippen molar-refractivity contribution in [1.29, 1.82) is 0 Å². The first-order chi connectivity index (χ1) is 14.2. The van der Waals surface area contributed by atoms with E-state index >= 15 is 0 Å². The molecule has 154 valence electrons. The van der Waals surface area contributed by atoms with Gasteiger partial charge in [-0.25, -0.2) is 4.98 Å². The Hall–Kier alpha value is -2.63. The van der Waals surface area contributed by atoms with Gasteiger partial charge in [0, 0.05) is 25.2 Å². The van der Waals surface area contributed by atoms with Gasteiger partial charge >= 0.3 is 0 Å². The van der Waals surface area contributed by atoms with Crippen molar-refractivity contribution < 1.29 is 19.0 Å². The molecule has 0 spiro atoms. The van der Waals surface area contributed by atoms with Crippen LogP contribution in [0.5, 0.6) is 5.75 Å². The van der Waals surface area contributed by atoms with Crippen LogP contribution in [0.15, 0.2) is 59.0 Å². The number of aryl methyl sites for hydroxylation is 1. The third kappa shape index (κ3) is 5.92. The van der Waals surface area contributed by atoms with E-state index in [-0.39, 0.29) is 12.7 Å². The average Bonchev–Trinajstić information content (AvgIpc) is 3.13. The van der Waals surface area contributed by atoms with Gasteiger partial charge in [-0.15, -0.1) is 0 Å². The van der Waals surface area contributed by atoms with E-state index in [1.807, 2.05) is 68.4 Å². The Labute approximate surface area is 172 Å². The Morgan fingerprint density at radius 2 is 1.83 bits per heavy atom. The number of benzene rings is 2. The number of rotatable bonds is 11. The zero-order valence-electron chi connectivity index (χ0n) is 17.1.